The summed E-state index contributed by atoms with van der Waals surface area (Å²) in [6.45, 7) is 1.87. The maximum absolute atomic E-state index is 12.5. The van der Waals surface area contributed by atoms with E-state index >= 15 is 0 Å². The Hall–Kier alpha value is -2.17. The lowest BCUT2D eigenvalue weighted by molar-refractivity contribution is 0.389. The molecule has 0 aliphatic heterocycles. The summed E-state index contributed by atoms with van der Waals surface area (Å²) in [6.07, 6.45) is 1.51. The minimum absolute atomic E-state index is 0.0499. The van der Waals surface area contributed by atoms with E-state index in [1.807, 2.05) is 6.92 Å². The molecule has 0 aromatic heterocycles. The van der Waals surface area contributed by atoms with Gasteiger partial charge in [-0.15, -0.1) is 0 Å². The maximum Gasteiger partial charge on any atom is 0.339 e. The number of halogens is 1. The molecular formula is C17H18BrN3O4S2. The lowest BCUT2D eigenvalue weighted by atomic mass is 10.2. The van der Waals surface area contributed by atoms with Crippen molar-refractivity contribution in [3.8, 4) is 11.5 Å². The van der Waals surface area contributed by atoms with E-state index in [2.05, 4.69) is 31.8 Å². The highest BCUT2D eigenvalue weighted by Gasteiger charge is 2.21. The lowest BCUT2D eigenvalue weighted by Gasteiger charge is -2.13. The minimum atomic E-state index is -4.01. The minimum Gasteiger partial charge on any atom is -0.493 e. The number of benzene rings is 2. The molecule has 0 aliphatic carbocycles. The second-order valence-electron chi connectivity index (χ2n) is 5.33. The van der Waals surface area contributed by atoms with Crippen LogP contribution in [0.4, 0.5) is 0 Å². The van der Waals surface area contributed by atoms with Crippen LogP contribution in [0.5, 0.6) is 11.5 Å². The fraction of sp³-hybridized carbons (Fsp3) is 0.176. The molecule has 0 spiro atoms. The van der Waals surface area contributed by atoms with Gasteiger partial charge in [-0.05, 0) is 64.9 Å². The topological polar surface area (TPSA) is 89.0 Å². The number of hydrogen-bond donors (Lipinski definition) is 2. The van der Waals surface area contributed by atoms with Gasteiger partial charge in [0.15, 0.2) is 16.6 Å². The van der Waals surface area contributed by atoms with Crippen molar-refractivity contribution in [3.63, 3.8) is 0 Å². The maximum atomic E-state index is 12.5. The second-order valence-corrected chi connectivity index (χ2v) is 8.14. The fourth-order valence-electron chi connectivity index (χ4n) is 1.98. The highest BCUT2D eigenvalue weighted by atomic mass is 79.9. The zero-order valence-electron chi connectivity index (χ0n) is 14.8. The smallest absolute Gasteiger partial charge is 0.339 e. The van der Waals surface area contributed by atoms with E-state index < -0.39 is 10.1 Å². The molecule has 0 atom stereocenters. The molecule has 0 saturated carbocycles. The van der Waals surface area contributed by atoms with Gasteiger partial charge in [0.05, 0.1) is 17.8 Å². The van der Waals surface area contributed by atoms with Crippen molar-refractivity contribution < 1.29 is 17.3 Å². The van der Waals surface area contributed by atoms with E-state index in [0.717, 1.165) is 5.56 Å². The predicted molar refractivity (Wildman–Crippen MR) is 112 cm³/mol. The van der Waals surface area contributed by atoms with Gasteiger partial charge in [0.2, 0.25) is 0 Å². The van der Waals surface area contributed by atoms with Crippen LogP contribution >= 0.6 is 28.1 Å². The molecule has 0 radical (unpaired) electrons. The molecule has 2 rings (SSSR count). The van der Waals surface area contributed by atoms with Gasteiger partial charge in [-0.25, -0.2) is 0 Å². The molecular weight excluding hydrogens is 454 g/mol. The van der Waals surface area contributed by atoms with E-state index in [-0.39, 0.29) is 16.4 Å². The van der Waals surface area contributed by atoms with E-state index in [0.29, 0.717) is 15.1 Å². The Bertz CT molecular complexity index is 961. The molecule has 0 saturated heterocycles. The van der Waals surface area contributed by atoms with Crippen LogP contribution in [0.1, 0.15) is 11.1 Å². The summed E-state index contributed by atoms with van der Waals surface area (Å²) >= 11 is 8.24. The van der Waals surface area contributed by atoms with Gasteiger partial charge < -0.3 is 14.2 Å². The Morgan fingerprint density at radius 2 is 1.93 bits per heavy atom. The van der Waals surface area contributed by atoms with Crippen molar-refractivity contribution in [2.24, 2.45) is 5.10 Å². The van der Waals surface area contributed by atoms with Gasteiger partial charge >= 0.3 is 10.1 Å². The van der Waals surface area contributed by atoms with Crippen LogP contribution in [-0.2, 0) is 10.1 Å². The third-order valence-electron chi connectivity index (χ3n) is 3.36. The average Bonchev–Trinajstić information content (AvgIpc) is 2.63. The Morgan fingerprint density at radius 1 is 1.26 bits per heavy atom. The summed E-state index contributed by atoms with van der Waals surface area (Å²) in [5.41, 5.74) is 4.21. The number of hydrazone groups is 1. The summed E-state index contributed by atoms with van der Waals surface area (Å²) in [5, 5.41) is 7.06. The Balaban J connectivity index is 2.31. The molecule has 27 heavy (non-hydrogen) atoms. The standard InChI is InChI=1S/C17H18BrN3O4S2/c1-11-4-6-13(7-5-11)27(22,23)25-16-14(18)8-12(9-15(16)24-3)10-20-21-17(26)19-2/h4-10H,1-3H3,(H2,19,21,26)/b20-10+. The number of nitrogens with zero attached hydrogens (tertiary/aromatic N) is 1. The van der Waals surface area contributed by atoms with Crippen molar-refractivity contribution in [1.29, 1.82) is 0 Å². The van der Waals surface area contributed by atoms with E-state index in [4.69, 9.17) is 21.1 Å². The molecule has 144 valence electrons. The summed E-state index contributed by atoms with van der Waals surface area (Å²) < 4.78 is 36.1. The first-order chi connectivity index (χ1) is 12.8. The summed E-state index contributed by atoms with van der Waals surface area (Å²) in [6, 6.07) is 9.62. The quantitative estimate of drug-likeness (QED) is 0.289. The molecule has 0 heterocycles. The van der Waals surface area contributed by atoms with E-state index in [9.17, 15) is 8.42 Å². The SMILES string of the molecule is CNC(=S)N/N=C/c1cc(Br)c(OS(=O)(=O)c2ccc(C)cc2)c(OC)c1. The van der Waals surface area contributed by atoms with Gasteiger partial charge in [-0.1, -0.05) is 17.7 Å². The summed E-state index contributed by atoms with van der Waals surface area (Å²) in [5.74, 6) is 0.284. The number of nitrogens with one attached hydrogen (secondary N) is 2. The third kappa shape index (κ3) is 5.65. The van der Waals surface area contributed by atoms with E-state index in [1.54, 1.807) is 31.3 Å². The van der Waals surface area contributed by atoms with Crippen LogP contribution in [0.25, 0.3) is 0 Å². The lowest BCUT2D eigenvalue weighted by Crippen LogP contribution is -2.28. The van der Waals surface area contributed by atoms with Gasteiger partial charge in [0.25, 0.3) is 0 Å². The largest absolute Gasteiger partial charge is 0.493 e. The summed E-state index contributed by atoms with van der Waals surface area (Å²) in [7, 11) is -0.920. The molecule has 0 aliphatic rings. The Kier molecular flexibility index (Phi) is 7.17. The zero-order chi connectivity index (χ0) is 20.0. The zero-order valence-corrected chi connectivity index (χ0v) is 18.0. The molecule has 2 aromatic rings. The van der Waals surface area contributed by atoms with Crippen LogP contribution in [0.15, 0.2) is 50.9 Å². The van der Waals surface area contributed by atoms with Crippen molar-refractivity contribution in [3.05, 3.63) is 52.0 Å². The molecule has 0 bridgehead atoms. The Morgan fingerprint density at radius 3 is 2.52 bits per heavy atom. The number of thiocarbonyl (C=S) groups is 1. The average molecular weight is 472 g/mol. The van der Waals surface area contributed by atoms with Crippen LogP contribution in [0.2, 0.25) is 0 Å². The molecule has 0 fully saturated rings. The van der Waals surface area contributed by atoms with Crippen LogP contribution < -0.4 is 19.7 Å². The number of hydrogen-bond acceptors (Lipinski definition) is 6. The molecule has 2 aromatic carbocycles. The first-order valence-electron chi connectivity index (χ1n) is 7.66. The molecule has 0 unspecified atom stereocenters. The predicted octanol–water partition coefficient (Wildman–Crippen LogP) is 2.96. The summed E-state index contributed by atoms with van der Waals surface area (Å²) in [4.78, 5) is 0.0532. The van der Waals surface area contributed by atoms with E-state index in [1.165, 1.54) is 25.5 Å². The van der Waals surface area contributed by atoms with Crippen LogP contribution in [-0.4, -0.2) is 33.9 Å². The van der Waals surface area contributed by atoms with Gasteiger partial charge in [0, 0.05) is 7.05 Å². The van der Waals surface area contributed by atoms with Gasteiger partial charge in [-0.3, -0.25) is 5.43 Å². The number of aryl methyl sites for hydroxylation is 1. The van der Waals surface area contributed by atoms with Crippen molar-refractivity contribution >= 4 is 49.6 Å². The molecule has 10 heteroatoms. The van der Waals surface area contributed by atoms with Gasteiger partial charge in [0.1, 0.15) is 4.90 Å². The van der Waals surface area contributed by atoms with Crippen molar-refractivity contribution in [1.82, 2.24) is 10.7 Å². The van der Waals surface area contributed by atoms with Crippen molar-refractivity contribution in [2.75, 3.05) is 14.2 Å². The molecule has 2 N–H and O–H groups in total. The van der Waals surface area contributed by atoms with Gasteiger partial charge in [-0.2, -0.15) is 13.5 Å². The highest BCUT2D eigenvalue weighted by Crippen LogP contribution is 2.38. The normalized spacial score (nSPS) is 11.3. The van der Waals surface area contributed by atoms with Crippen LogP contribution in [0.3, 0.4) is 0 Å². The van der Waals surface area contributed by atoms with Crippen LogP contribution in [0, 0.1) is 6.92 Å². The number of rotatable bonds is 6. The highest BCUT2D eigenvalue weighted by molar-refractivity contribution is 9.10. The second kappa shape index (κ2) is 9.16. The molecule has 0 amide bonds. The first-order valence-corrected chi connectivity index (χ1v) is 10.3. The first kappa shape index (κ1) is 21.1. The fourth-order valence-corrected chi connectivity index (χ4v) is 3.64. The Labute approximate surface area is 172 Å². The third-order valence-corrected chi connectivity index (χ3v) is 5.48. The number of ether oxygens (including phenoxy) is 1. The van der Waals surface area contributed by atoms with Crippen molar-refractivity contribution in [2.45, 2.75) is 11.8 Å². The monoisotopic (exact) mass is 471 g/mol. The molecule has 7 nitrogen and oxygen atoms in total. The number of methoxy groups -OCH3 is 1.